The Morgan fingerprint density at radius 3 is 2.29 bits per heavy atom. The second-order valence-electron chi connectivity index (χ2n) is 8.52. The highest BCUT2D eigenvalue weighted by Gasteiger charge is 2.23. The number of ether oxygens (including phenoxy) is 1. The fraction of sp³-hybridized carbons (Fsp3) is 0.0667. The van der Waals surface area contributed by atoms with E-state index in [-0.39, 0.29) is 6.61 Å². The lowest BCUT2D eigenvalue weighted by atomic mass is 9.97. The SMILES string of the molecule is CCOC(=O)c1cc2sc3nnc(-c4ccccc4)c(-c4ccccc4)c3c2nc1Nc1ccc(Cl)cc1. The van der Waals surface area contributed by atoms with Crippen LogP contribution in [0.4, 0.5) is 11.5 Å². The third-order valence-corrected chi connectivity index (χ3v) is 7.35. The number of carbonyl (C=O) groups excluding carboxylic acids is 1. The molecule has 3 heterocycles. The molecule has 0 aliphatic rings. The van der Waals surface area contributed by atoms with E-state index in [1.807, 2.05) is 66.7 Å². The molecule has 0 fully saturated rings. The van der Waals surface area contributed by atoms with Gasteiger partial charge in [0.1, 0.15) is 21.9 Å². The Balaban J connectivity index is 1.65. The molecule has 1 N–H and O–H groups in total. The molecular weight excluding hydrogens is 516 g/mol. The zero-order valence-corrected chi connectivity index (χ0v) is 21.9. The molecule has 0 saturated carbocycles. The molecule has 0 radical (unpaired) electrons. The normalized spacial score (nSPS) is 11.1. The first-order valence-electron chi connectivity index (χ1n) is 12.1. The van der Waals surface area contributed by atoms with Gasteiger partial charge in [0.15, 0.2) is 0 Å². The summed E-state index contributed by atoms with van der Waals surface area (Å²) in [6.45, 7) is 2.04. The quantitative estimate of drug-likeness (QED) is 0.216. The third-order valence-electron chi connectivity index (χ3n) is 6.08. The van der Waals surface area contributed by atoms with Gasteiger partial charge in [0.2, 0.25) is 0 Å². The summed E-state index contributed by atoms with van der Waals surface area (Å²) in [6.07, 6.45) is 0. The number of aromatic nitrogens is 3. The summed E-state index contributed by atoms with van der Waals surface area (Å²) in [4.78, 5) is 18.7. The Kier molecular flexibility index (Phi) is 6.45. The lowest BCUT2D eigenvalue weighted by Gasteiger charge is -2.13. The highest BCUT2D eigenvalue weighted by molar-refractivity contribution is 7.25. The molecule has 0 bridgehead atoms. The van der Waals surface area contributed by atoms with Gasteiger partial charge in [-0.1, -0.05) is 72.3 Å². The molecule has 0 atom stereocenters. The van der Waals surface area contributed by atoms with Gasteiger partial charge < -0.3 is 10.1 Å². The Morgan fingerprint density at radius 2 is 1.61 bits per heavy atom. The van der Waals surface area contributed by atoms with Gasteiger partial charge in [0.25, 0.3) is 0 Å². The van der Waals surface area contributed by atoms with Crippen molar-refractivity contribution in [3.05, 3.63) is 102 Å². The van der Waals surface area contributed by atoms with Gasteiger partial charge in [-0.2, -0.15) is 0 Å². The zero-order chi connectivity index (χ0) is 26.1. The summed E-state index contributed by atoms with van der Waals surface area (Å²) in [5, 5.41) is 14.0. The minimum atomic E-state index is -0.449. The van der Waals surface area contributed by atoms with E-state index in [1.54, 1.807) is 19.1 Å². The number of nitrogens with zero attached hydrogens (tertiary/aromatic N) is 3. The number of carbonyl (C=O) groups is 1. The number of thiophene rings is 1. The first-order valence-corrected chi connectivity index (χ1v) is 13.3. The van der Waals surface area contributed by atoms with Gasteiger partial charge in [0, 0.05) is 27.2 Å². The van der Waals surface area contributed by atoms with E-state index in [9.17, 15) is 4.79 Å². The first-order chi connectivity index (χ1) is 18.6. The van der Waals surface area contributed by atoms with Gasteiger partial charge in [-0.05, 0) is 42.8 Å². The third kappa shape index (κ3) is 4.47. The average Bonchev–Trinajstić information content (AvgIpc) is 3.32. The smallest absolute Gasteiger partial charge is 0.341 e. The van der Waals surface area contributed by atoms with Crippen LogP contribution in [0.25, 0.3) is 42.8 Å². The van der Waals surface area contributed by atoms with E-state index in [0.717, 1.165) is 48.5 Å². The van der Waals surface area contributed by atoms with Gasteiger partial charge in [-0.15, -0.1) is 21.5 Å². The van der Waals surface area contributed by atoms with Crippen molar-refractivity contribution in [2.75, 3.05) is 11.9 Å². The van der Waals surface area contributed by atoms with Crippen LogP contribution < -0.4 is 5.32 Å². The number of rotatable bonds is 6. The van der Waals surface area contributed by atoms with Crippen molar-refractivity contribution in [2.24, 2.45) is 0 Å². The van der Waals surface area contributed by atoms with E-state index >= 15 is 0 Å². The molecular formula is C30H21ClN4O2S. The van der Waals surface area contributed by atoms with Crippen LogP contribution in [0.15, 0.2) is 91.0 Å². The number of esters is 1. The van der Waals surface area contributed by atoms with E-state index in [0.29, 0.717) is 16.4 Å². The van der Waals surface area contributed by atoms with E-state index in [4.69, 9.17) is 21.3 Å². The number of hydrogen-bond donors (Lipinski definition) is 1. The molecule has 0 spiro atoms. The topological polar surface area (TPSA) is 77.0 Å². The molecule has 8 heteroatoms. The van der Waals surface area contributed by atoms with Crippen molar-refractivity contribution >= 4 is 60.8 Å². The Bertz CT molecular complexity index is 1770. The molecule has 3 aromatic carbocycles. The van der Waals surface area contributed by atoms with Gasteiger partial charge in [0.05, 0.1) is 16.8 Å². The maximum Gasteiger partial charge on any atom is 0.341 e. The van der Waals surface area contributed by atoms with Gasteiger partial charge in [-0.25, -0.2) is 9.78 Å². The molecule has 0 amide bonds. The van der Waals surface area contributed by atoms with Crippen LogP contribution >= 0.6 is 22.9 Å². The summed E-state index contributed by atoms with van der Waals surface area (Å²) in [7, 11) is 0. The summed E-state index contributed by atoms with van der Waals surface area (Å²) < 4.78 is 6.18. The van der Waals surface area contributed by atoms with Crippen molar-refractivity contribution in [2.45, 2.75) is 6.92 Å². The molecule has 3 aromatic heterocycles. The predicted molar refractivity (Wildman–Crippen MR) is 154 cm³/mol. The van der Waals surface area contributed by atoms with Crippen molar-refractivity contribution in [1.29, 1.82) is 0 Å². The molecule has 38 heavy (non-hydrogen) atoms. The second kappa shape index (κ2) is 10.2. The minimum absolute atomic E-state index is 0.258. The summed E-state index contributed by atoms with van der Waals surface area (Å²) in [6, 6.07) is 29.2. The number of benzene rings is 3. The molecule has 6 rings (SSSR count). The van der Waals surface area contributed by atoms with Crippen molar-refractivity contribution in [3.8, 4) is 22.4 Å². The predicted octanol–water partition coefficient (Wildman–Crippen LogP) is 8.15. The minimum Gasteiger partial charge on any atom is -0.462 e. The van der Waals surface area contributed by atoms with Crippen LogP contribution in [-0.2, 0) is 4.74 Å². The van der Waals surface area contributed by atoms with Crippen molar-refractivity contribution < 1.29 is 9.53 Å². The summed E-state index contributed by atoms with van der Waals surface area (Å²) >= 11 is 7.53. The Labute approximate surface area is 227 Å². The number of pyridine rings is 1. The Morgan fingerprint density at radius 1 is 0.921 bits per heavy atom. The lowest BCUT2D eigenvalue weighted by Crippen LogP contribution is -2.09. The molecule has 186 valence electrons. The summed E-state index contributed by atoms with van der Waals surface area (Å²) in [5.41, 5.74) is 5.52. The van der Waals surface area contributed by atoms with Crippen LogP contribution in [0.1, 0.15) is 17.3 Å². The second-order valence-corrected chi connectivity index (χ2v) is 9.99. The molecule has 0 aliphatic heterocycles. The van der Waals surface area contributed by atoms with Crippen LogP contribution in [0, 0.1) is 0 Å². The molecule has 0 aliphatic carbocycles. The van der Waals surface area contributed by atoms with Gasteiger partial charge >= 0.3 is 5.97 Å². The standard InChI is InChI=1S/C30H21ClN4O2S/c1-2-37-30(36)22-17-23-27(33-28(22)32-21-15-13-20(31)14-16-21)25-24(18-9-5-3-6-10-18)26(34-35-29(25)38-23)19-11-7-4-8-12-19/h3-17H,2H2,1H3,(H,32,33). The fourth-order valence-electron chi connectivity index (χ4n) is 4.38. The first kappa shape index (κ1) is 24.0. The number of halogens is 1. The van der Waals surface area contributed by atoms with Crippen molar-refractivity contribution in [3.63, 3.8) is 0 Å². The maximum absolute atomic E-state index is 12.9. The maximum atomic E-state index is 12.9. The van der Waals surface area contributed by atoms with Crippen LogP contribution in [0.3, 0.4) is 0 Å². The summed E-state index contributed by atoms with van der Waals surface area (Å²) in [5.74, 6) is -0.0507. The average molecular weight is 537 g/mol. The van der Waals surface area contributed by atoms with E-state index in [2.05, 4.69) is 27.6 Å². The van der Waals surface area contributed by atoms with E-state index < -0.39 is 5.97 Å². The monoisotopic (exact) mass is 536 g/mol. The van der Waals surface area contributed by atoms with Crippen LogP contribution in [-0.4, -0.2) is 27.8 Å². The number of fused-ring (bicyclic) bond motifs is 3. The highest BCUT2D eigenvalue weighted by Crippen LogP contribution is 2.43. The van der Waals surface area contributed by atoms with Crippen LogP contribution in [0.2, 0.25) is 5.02 Å². The molecule has 6 nitrogen and oxygen atoms in total. The molecule has 6 aromatic rings. The number of hydrogen-bond acceptors (Lipinski definition) is 7. The van der Waals surface area contributed by atoms with Crippen molar-refractivity contribution in [1.82, 2.24) is 15.2 Å². The molecule has 0 saturated heterocycles. The Hall–Kier alpha value is -4.33. The fourth-order valence-corrected chi connectivity index (χ4v) is 5.52. The highest BCUT2D eigenvalue weighted by atomic mass is 35.5. The number of nitrogens with one attached hydrogen (secondary N) is 1. The number of anilines is 2. The van der Waals surface area contributed by atoms with E-state index in [1.165, 1.54) is 11.3 Å². The van der Waals surface area contributed by atoms with Crippen LogP contribution in [0.5, 0.6) is 0 Å². The zero-order valence-electron chi connectivity index (χ0n) is 20.3. The largest absolute Gasteiger partial charge is 0.462 e. The van der Waals surface area contributed by atoms with Gasteiger partial charge in [-0.3, -0.25) is 0 Å². The lowest BCUT2D eigenvalue weighted by molar-refractivity contribution is 0.0527. The molecule has 0 unspecified atom stereocenters.